The Bertz CT molecular complexity index is 666. The van der Waals surface area contributed by atoms with E-state index in [9.17, 15) is 0 Å². The Kier molecular flexibility index (Phi) is 3.34. The maximum absolute atomic E-state index is 6.11. The second-order valence-corrected chi connectivity index (χ2v) is 6.74. The van der Waals surface area contributed by atoms with Gasteiger partial charge in [-0.05, 0) is 57.3 Å². The summed E-state index contributed by atoms with van der Waals surface area (Å²) in [4.78, 5) is 4.50. The van der Waals surface area contributed by atoms with Crippen LogP contribution in [0.25, 0.3) is 10.9 Å². The molecule has 4 heteroatoms. The molecule has 0 N–H and O–H groups in total. The Labute approximate surface area is 126 Å². The maximum Gasteiger partial charge on any atom is 0.494 e. The second-order valence-electron chi connectivity index (χ2n) is 6.74. The van der Waals surface area contributed by atoms with Crippen LogP contribution in [0.2, 0.25) is 0 Å². The van der Waals surface area contributed by atoms with Crippen molar-refractivity contribution in [2.24, 2.45) is 0 Å². The lowest BCUT2D eigenvalue weighted by Gasteiger charge is -2.32. The highest BCUT2D eigenvalue weighted by Crippen LogP contribution is 2.36. The van der Waals surface area contributed by atoms with Crippen LogP contribution in [-0.4, -0.2) is 23.3 Å². The Morgan fingerprint density at radius 2 is 1.71 bits per heavy atom. The quantitative estimate of drug-likeness (QED) is 0.794. The molecule has 0 saturated carbocycles. The zero-order valence-corrected chi connectivity index (χ0v) is 13.4. The van der Waals surface area contributed by atoms with E-state index in [1.807, 2.05) is 18.3 Å². The Morgan fingerprint density at radius 1 is 1.05 bits per heavy atom. The third-order valence-corrected chi connectivity index (χ3v) is 4.70. The number of hydrogen-bond acceptors (Lipinski definition) is 3. The second kappa shape index (κ2) is 4.82. The molecule has 1 aliphatic heterocycles. The van der Waals surface area contributed by atoms with Gasteiger partial charge in [-0.25, -0.2) is 0 Å². The van der Waals surface area contributed by atoms with Gasteiger partial charge in [0.2, 0.25) is 0 Å². The minimum Gasteiger partial charge on any atom is -0.399 e. The first-order valence-corrected chi connectivity index (χ1v) is 7.56. The lowest BCUT2D eigenvalue weighted by molar-refractivity contribution is 0.00578. The predicted octanol–water partition coefficient (Wildman–Crippen LogP) is 3.10. The van der Waals surface area contributed by atoms with Crippen LogP contribution in [-0.2, 0) is 15.7 Å². The molecule has 2 aromatic rings. The summed E-state index contributed by atoms with van der Waals surface area (Å²) in [7, 11) is -0.315. The summed E-state index contributed by atoms with van der Waals surface area (Å²) in [5, 5.41) is 1.14. The van der Waals surface area contributed by atoms with Crippen molar-refractivity contribution in [1.82, 2.24) is 4.98 Å². The summed E-state index contributed by atoms with van der Waals surface area (Å²) >= 11 is 0. The van der Waals surface area contributed by atoms with Crippen molar-refractivity contribution in [2.75, 3.05) is 0 Å². The highest BCUT2D eigenvalue weighted by Gasteiger charge is 2.51. The van der Waals surface area contributed by atoms with Gasteiger partial charge in [-0.15, -0.1) is 0 Å². The van der Waals surface area contributed by atoms with Gasteiger partial charge in [0, 0.05) is 11.6 Å². The maximum atomic E-state index is 6.11. The van der Waals surface area contributed by atoms with Crippen LogP contribution >= 0.6 is 0 Å². The summed E-state index contributed by atoms with van der Waals surface area (Å²) in [5.74, 6) is 0. The molecular formula is C17H22BNO2. The minimum atomic E-state index is -0.315. The number of fused-ring (bicyclic) bond motifs is 1. The van der Waals surface area contributed by atoms with E-state index in [0.29, 0.717) is 0 Å². The Morgan fingerprint density at radius 3 is 2.33 bits per heavy atom. The zero-order chi connectivity index (χ0) is 15.3. The fourth-order valence-electron chi connectivity index (χ4n) is 2.51. The van der Waals surface area contributed by atoms with Crippen LogP contribution in [0, 0.1) is 0 Å². The molecule has 1 saturated heterocycles. The summed E-state index contributed by atoms with van der Waals surface area (Å²) in [6.45, 7) is 10.4. The highest BCUT2D eigenvalue weighted by molar-refractivity contribution is 6.62. The van der Waals surface area contributed by atoms with Crippen LogP contribution < -0.4 is 5.46 Å². The van der Waals surface area contributed by atoms with Gasteiger partial charge in [0.15, 0.2) is 0 Å². The first-order chi connectivity index (χ1) is 9.82. The van der Waals surface area contributed by atoms with Gasteiger partial charge in [0.25, 0.3) is 0 Å². The van der Waals surface area contributed by atoms with Gasteiger partial charge in [-0.1, -0.05) is 19.1 Å². The highest BCUT2D eigenvalue weighted by atomic mass is 16.7. The molecule has 3 nitrogen and oxygen atoms in total. The van der Waals surface area contributed by atoms with Crippen molar-refractivity contribution in [3.8, 4) is 0 Å². The summed E-state index contributed by atoms with van der Waals surface area (Å²) < 4.78 is 12.2. The SMILES string of the molecule is CCc1cnc2ccc(B3OC(C)(C)C(C)(C)O3)cc2c1. The van der Waals surface area contributed by atoms with E-state index < -0.39 is 0 Å². The Balaban J connectivity index is 1.98. The molecular weight excluding hydrogens is 261 g/mol. The van der Waals surface area contributed by atoms with Gasteiger partial charge >= 0.3 is 7.12 Å². The van der Waals surface area contributed by atoms with Crippen molar-refractivity contribution < 1.29 is 9.31 Å². The molecule has 3 rings (SSSR count). The van der Waals surface area contributed by atoms with E-state index in [2.05, 4.69) is 51.7 Å². The lowest BCUT2D eigenvalue weighted by Crippen LogP contribution is -2.41. The molecule has 0 atom stereocenters. The average molecular weight is 283 g/mol. The number of nitrogens with zero attached hydrogens (tertiary/aromatic N) is 1. The van der Waals surface area contributed by atoms with Crippen molar-refractivity contribution in [3.05, 3.63) is 36.0 Å². The number of aryl methyl sites for hydroxylation is 1. The molecule has 0 aliphatic carbocycles. The molecule has 0 bridgehead atoms. The number of rotatable bonds is 2. The summed E-state index contributed by atoms with van der Waals surface area (Å²) in [5.41, 5.74) is 2.68. The molecule has 0 radical (unpaired) electrons. The normalized spacial score (nSPS) is 20.1. The van der Waals surface area contributed by atoms with Crippen LogP contribution in [0.4, 0.5) is 0 Å². The van der Waals surface area contributed by atoms with Crippen molar-refractivity contribution in [1.29, 1.82) is 0 Å². The van der Waals surface area contributed by atoms with Crippen molar-refractivity contribution in [3.63, 3.8) is 0 Å². The minimum absolute atomic E-state index is 0.309. The van der Waals surface area contributed by atoms with E-state index >= 15 is 0 Å². The molecule has 0 unspecified atom stereocenters. The largest absolute Gasteiger partial charge is 0.494 e. The number of aromatic nitrogens is 1. The average Bonchev–Trinajstić information content (AvgIpc) is 2.66. The standard InChI is InChI=1S/C17H22BNO2/c1-6-12-9-13-10-14(7-8-15(13)19-11-12)18-20-16(2,3)17(4,5)21-18/h7-11H,6H2,1-5H3. The fraction of sp³-hybridized carbons (Fsp3) is 0.471. The van der Waals surface area contributed by atoms with Gasteiger partial charge in [0.05, 0.1) is 16.7 Å². The monoisotopic (exact) mass is 283 g/mol. The third-order valence-electron chi connectivity index (χ3n) is 4.70. The molecule has 1 fully saturated rings. The van der Waals surface area contributed by atoms with Crippen LogP contribution in [0.15, 0.2) is 30.5 Å². The molecule has 1 aromatic carbocycles. The van der Waals surface area contributed by atoms with Crippen LogP contribution in [0.5, 0.6) is 0 Å². The number of hydrogen-bond donors (Lipinski definition) is 0. The molecule has 110 valence electrons. The Hall–Kier alpha value is -1.39. The summed E-state index contributed by atoms with van der Waals surface area (Å²) in [6.07, 6.45) is 2.93. The number of benzene rings is 1. The van der Waals surface area contributed by atoms with E-state index in [1.165, 1.54) is 5.56 Å². The smallest absolute Gasteiger partial charge is 0.399 e. The molecule has 0 spiro atoms. The number of pyridine rings is 1. The van der Waals surface area contributed by atoms with E-state index in [-0.39, 0.29) is 18.3 Å². The molecule has 0 amide bonds. The van der Waals surface area contributed by atoms with Crippen LogP contribution in [0.1, 0.15) is 40.2 Å². The van der Waals surface area contributed by atoms with Gasteiger partial charge < -0.3 is 9.31 Å². The van der Waals surface area contributed by atoms with E-state index in [1.54, 1.807) is 0 Å². The molecule has 1 aromatic heterocycles. The fourth-order valence-corrected chi connectivity index (χ4v) is 2.51. The molecule has 2 heterocycles. The van der Waals surface area contributed by atoms with Gasteiger partial charge in [-0.3, -0.25) is 4.98 Å². The first-order valence-electron chi connectivity index (χ1n) is 7.56. The van der Waals surface area contributed by atoms with E-state index in [0.717, 1.165) is 22.8 Å². The molecule has 21 heavy (non-hydrogen) atoms. The predicted molar refractivity (Wildman–Crippen MR) is 86.8 cm³/mol. The summed E-state index contributed by atoms with van der Waals surface area (Å²) in [6, 6.07) is 8.40. The van der Waals surface area contributed by atoms with Gasteiger partial charge in [-0.2, -0.15) is 0 Å². The molecule has 1 aliphatic rings. The third kappa shape index (κ3) is 2.47. The van der Waals surface area contributed by atoms with Gasteiger partial charge in [0.1, 0.15) is 0 Å². The topological polar surface area (TPSA) is 31.4 Å². The zero-order valence-electron chi connectivity index (χ0n) is 13.4. The van der Waals surface area contributed by atoms with Crippen molar-refractivity contribution >= 4 is 23.5 Å². The van der Waals surface area contributed by atoms with Crippen molar-refractivity contribution in [2.45, 2.75) is 52.2 Å². The van der Waals surface area contributed by atoms with E-state index in [4.69, 9.17) is 9.31 Å². The first kappa shape index (κ1) is 14.5. The van der Waals surface area contributed by atoms with Crippen LogP contribution in [0.3, 0.4) is 0 Å². The lowest BCUT2D eigenvalue weighted by atomic mass is 9.78.